The lowest BCUT2D eigenvalue weighted by Gasteiger charge is -2.26. The van der Waals surface area contributed by atoms with Gasteiger partial charge in [-0.15, -0.1) is 0 Å². The topological polar surface area (TPSA) is 125 Å². The third-order valence-electron chi connectivity index (χ3n) is 7.48. The Morgan fingerprint density at radius 3 is 2.29 bits per heavy atom. The fourth-order valence-electron chi connectivity index (χ4n) is 4.56. The summed E-state index contributed by atoms with van der Waals surface area (Å²) in [6.07, 6.45) is 7.51. The summed E-state index contributed by atoms with van der Waals surface area (Å²) in [5, 5.41) is 6.16. The van der Waals surface area contributed by atoms with Crippen molar-refractivity contribution in [2.45, 2.75) is 96.8 Å². The van der Waals surface area contributed by atoms with Crippen LogP contribution in [0.3, 0.4) is 0 Å². The molecule has 2 aromatic carbocycles. The molecule has 0 bridgehead atoms. The van der Waals surface area contributed by atoms with Crippen molar-refractivity contribution < 1.29 is 31.2 Å². The molecule has 2 unspecified atom stereocenters. The number of para-hydroxylation sites is 1. The van der Waals surface area contributed by atoms with Crippen LogP contribution in [0, 0.1) is 11.8 Å². The van der Waals surface area contributed by atoms with Crippen molar-refractivity contribution >= 4 is 52.6 Å². The monoisotopic (exact) mass is 735 g/mol. The maximum Gasteiger partial charge on any atom is 0.325 e. The van der Waals surface area contributed by atoms with Gasteiger partial charge in [0.25, 0.3) is 0 Å². The van der Waals surface area contributed by atoms with E-state index in [2.05, 4.69) is 43.2 Å². The summed E-state index contributed by atoms with van der Waals surface area (Å²) in [6, 6.07) is 15.4. The van der Waals surface area contributed by atoms with Crippen LogP contribution in [0.4, 0.5) is 5.69 Å². The highest BCUT2D eigenvalue weighted by Crippen LogP contribution is 2.36. The quantitative estimate of drug-likeness (QED) is 0.0538. The summed E-state index contributed by atoms with van der Waals surface area (Å²) < 4.78 is 15.9. The molecule has 0 fully saturated rings. The Bertz CT molecular complexity index is 1430. The fraction of sp³-hybridized carbons (Fsp3) is 0.541. The van der Waals surface area contributed by atoms with Gasteiger partial charge in [-0.2, -0.15) is 0 Å². The highest BCUT2D eigenvalue weighted by atomic mass is 33.1. The normalized spacial score (nSPS) is 13.4. The first kappa shape index (κ1) is 42.4. The van der Waals surface area contributed by atoms with Gasteiger partial charge >= 0.3 is 7.60 Å². The molecule has 0 aromatic heterocycles. The van der Waals surface area contributed by atoms with E-state index in [-0.39, 0.29) is 40.0 Å². The number of amides is 3. The van der Waals surface area contributed by atoms with E-state index in [1.54, 1.807) is 26.5 Å². The van der Waals surface area contributed by atoms with E-state index in [1.807, 2.05) is 48.5 Å². The van der Waals surface area contributed by atoms with Crippen molar-refractivity contribution in [3.05, 3.63) is 65.2 Å². The van der Waals surface area contributed by atoms with Gasteiger partial charge < -0.3 is 25.0 Å². The Morgan fingerprint density at radius 2 is 1.55 bits per heavy atom. The summed E-state index contributed by atoms with van der Waals surface area (Å²) in [5.74, 6) is 6.92. The molecule has 2 aromatic rings. The van der Waals surface area contributed by atoms with E-state index < -0.39 is 7.60 Å². The van der Waals surface area contributed by atoms with Gasteiger partial charge in [0.1, 0.15) is 0 Å². The number of benzene rings is 2. The number of hydrogen-bond acceptors (Lipinski definition) is 7. The van der Waals surface area contributed by atoms with Crippen LogP contribution in [0.15, 0.2) is 48.5 Å². The Balaban J connectivity index is 0.00000395. The molecule has 0 saturated heterocycles. The zero-order valence-corrected chi connectivity index (χ0v) is 32.0. The molecule has 3 rings (SSSR count). The predicted octanol–water partition coefficient (Wildman–Crippen LogP) is 8.19. The molecule has 9 nitrogen and oxygen atoms in total. The molecule has 0 aliphatic carbocycles. The minimum Gasteiger partial charge on any atom is -0.356 e. The van der Waals surface area contributed by atoms with E-state index in [0.717, 1.165) is 60.2 Å². The van der Waals surface area contributed by atoms with Gasteiger partial charge in [0.15, 0.2) is 0 Å². The standard InChI is InChI=1S/C33H44N3O6PS2.C4H10.2H2/c1-26(15-18-31(37)34-21-9-3-4-10-23-42-43(2,40)41)45-44-24-22-35-32(38)19-20-33(39)36-25-29-13-6-5-11-27(29)16-17-28-12-7-8-14-30(28)36;1-3-4-2;;/h5-8,11-14,26H,3-4,9-10,15,18-25H2,1-2H3,(H,34,37)(H,35,38)(H,40,41);3-4H2,1-2H3;2*1H. The molecule has 49 heavy (non-hydrogen) atoms. The number of hydrogen-bond donors (Lipinski definition) is 3. The number of anilines is 1. The van der Waals surface area contributed by atoms with Crippen LogP contribution in [0.2, 0.25) is 0 Å². The lowest BCUT2D eigenvalue weighted by molar-refractivity contribution is -0.125. The zero-order chi connectivity index (χ0) is 35.9. The average molecular weight is 736 g/mol. The van der Waals surface area contributed by atoms with Crippen LogP contribution in [-0.4, -0.2) is 60.0 Å². The van der Waals surface area contributed by atoms with E-state index in [9.17, 15) is 18.9 Å². The van der Waals surface area contributed by atoms with Crippen LogP contribution >= 0.6 is 29.2 Å². The third-order valence-corrected chi connectivity index (χ3v) is 11.1. The summed E-state index contributed by atoms with van der Waals surface area (Å²) in [5.41, 5.74) is 3.43. The van der Waals surface area contributed by atoms with E-state index >= 15 is 0 Å². The lowest BCUT2D eigenvalue weighted by atomic mass is 10.0. The van der Waals surface area contributed by atoms with Crippen molar-refractivity contribution in [2.75, 3.05) is 37.0 Å². The molecule has 0 spiro atoms. The average Bonchev–Trinajstić information content (AvgIpc) is 3.08. The number of nitrogens with one attached hydrogen (secondary N) is 2. The molecule has 1 aliphatic rings. The summed E-state index contributed by atoms with van der Waals surface area (Å²) in [4.78, 5) is 48.7. The summed E-state index contributed by atoms with van der Waals surface area (Å²) >= 11 is 0. The summed E-state index contributed by atoms with van der Waals surface area (Å²) in [7, 11) is -0.0223. The Morgan fingerprint density at radius 1 is 0.918 bits per heavy atom. The van der Waals surface area contributed by atoms with Gasteiger partial charge in [0, 0.05) is 64.0 Å². The second kappa shape index (κ2) is 24.4. The van der Waals surface area contributed by atoms with Crippen molar-refractivity contribution in [3.63, 3.8) is 0 Å². The van der Waals surface area contributed by atoms with Gasteiger partial charge in [-0.05, 0) is 43.0 Å². The van der Waals surface area contributed by atoms with Gasteiger partial charge in [0.05, 0.1) is 18.8 Å². The van der Waals surface area contributed by atoms with E-state index in [4.69, 9.17) is 9.42 Å². The number of rotatable bonds is 20. The third kappa shape index (κ3) is 18.7. The van der Waals surface area contributed by atoms with Crippen LogP contribution < -0.4 is 15.5 Å². The Labute approximate surface area is 304 Å². The number of unbranched alkanes of at least 4 members (excludes halogenated alkanes) is 4. The number of nitrogens with zero attached hydrogens (tertiary/aromatic N) is 1. The molecule has 1 heterocycles. The molecular weight excluding hydrogens is 678 g/mol. The Kier molecular flexibility index (Phi) is 21.1. The smallest absolute Gasteiger partial charge is 0.325 e. The van der Waals surface area contributed by atoms with E-state index in [1.165, 1.54) is 19.5 Å². The van der Waals surface area contributed by atoms with Gasteiger partial charge in [-0.3, -0.25) is 18.9 Å². The van der Waals surface area contributed by atoms with Crippen molar-refractivity contribution in [3.8, 4) is 11.8 Å². The van der Waals surface area contributed by atoms with Gasteiger partial charge in [-0.25, -0.2) is 0 Å². The highest BCUT2D eigenvalue weighted by Gasteiger charge is 2.21. The minimum atomic E-state index is -3.39. The molecule has 0 saturated carbocycles. The van der Waals surface area contributed by atoms with Crippen LogP contribution in [-0.2, 0) is 30.0 Å². The molecule has 3 N–H and O–H groups in total. The second-order valence-electron chi connectivity index (χ2n) is 11.9. The first-order chi connectivity index (χ1) is 23.5. The number of carbonyl (C=O) groups excluding carboxylic acids is 3. The van der Waals surface area contributed by atoms with Crippen LogP contribution in [0.25, 0.3) is 0 Å². The maximum atomic E-state index is 13.3. The molecule has 2 atom stereocenters. The number of carbonyl (C=O) groups is 3. The molecular formula is C37H58N3O6PS2. The predicted molar refractivity (Wildman–Crippen MR) is 209 cm³/mol. The molecule has 1 aliphatic heterocycles. The number of fused-ring (bicyclic) bond motifs is 2. The van der Waals surface area contributed by atoms with Gasteiger partial charge in [-0.1, -0.05) is 110 Å². The zero-order valence-electron chi connectivity index (χ0n) is 29.5. The summed E-state index contributed by atoms with van der Waals surface area (Å²) in [6.45, 7) is 9.45. The van der Waals surface area contributed by atoms with E-state index in [0.29, 0.717) is 31.3 Å². The molecule has 274 valence electrons. The molecule has 12 heteroatoms. The molecule has 3 amide bonds. The lowest BCUT2D eigenvalue weighted by Crippen LogP contribution is -2.33. The van der Waals surface area contributed by atoms with Crippen LogP contribution in [0.1, 0.15) is 105 Å². The minimum absolute atomic E-state index is 0. The second-order valence-corrected chi connectivity index (χ2v) is 16.7. The maximum absolute atomic E-state index is 13.3. The van der Waals surface area contributed by atoms with Crippen molar-refractivity contribution in [2.24, 2.45) is 0 Å². The largest absolute Gasteiger partial charge is 0.356 e. The van der Waals surface area contributed by atoms with Crippen molar-refractivity contribution in [1.29, 1.82) is 0 Å². The first-order valence-corrected chi connectivity index (χ1v) is 21.7. The fourth-order valence-corrected chi connectivity index (χ4v) is 7.28. The molecule has 0 radical (unpaired) electrons. The van der Waals surface area contributed by atoms with Crippen LogP contribution in [0.5, 0.6) is 0 Å². The van der Waals surface area contributed by atoms with Crippen molar-refractivity contribution in [1.82, 2.24) is 10.6 Å². The highest BCUT2D eigenvalue weighted by molar-refractivity contribution is 8.76. The first-order valence-electron chi connectivity index (χ1n) is 17.3. The van der Waals surface area contributed by atoms with Gasteiger partial charge in [0.2, 0.25) is 17.7 Å². The SMILES string of the molecule is CC(CCC(=O)NCCCCCCOP(C)(=O)O)SSCCNC(=O)CCC(=O)N1Cc2ccccc2C#Cc2ccccc21.CCCC.[HH].[HH]. The Hall–Kier alpha value is -2.74.